The van der Waals surface area contributed by atoms with Crippen LogP contribution in [0.1, 0.15) is 16.1 Å². The maximum atomic E-state index is 11.8. The molecule has 1 aromatic heterocycles. The normalized spacial score (nSPS) is 9.96. The van der Waals surface area contributed by atoms with Crippen LogP contribution < -0.4 is 10.6 Å². The van der Waals surface area contributed by atoms with Crippen molar-refractivity contribution in [1.82, 2.24) is 15.6 Å². The van der Waals surface area contributed by atoms with Crippen LogP contribution in [0.4, 0.5) is 0 Å². The van der Waals surface area contributed by atoms with Crippen LogP contribution in [0.25, 0.3) is 0 Å². The molecule has 0 aliphatic carbocycles. The lowest BCUT2D eigenvalue weighted by Gasteiger charge is -2.07. The van der Waals surface area contributed by atoms with Gasteiger partial charge in [0.2, 0.25) is 0 Å². The van der Waals surface area contributed by atoms with Gasteiger partial charge in [0.25, 0.3) is 11.8 Å². The lowest BCUT2D eigenvalue weighted by molar-refractivity contribution is -0.147. The number of carbonyl (C=O) groups is 3. The highest BCUT2D eigenvalue weighted by atomic mass is 35.5. The standard InChI is InChI=1S/C17H16ClN3O4/c18-13-6-7-19-14(8-13)17(24)21-10-16(23)25-11-15(22)20-9-12-4-2-1-3-5-12/h1-8H,9-11H2,(H,20,22)(H,21,24). The molecule has 2 aromatic rings. The number of ether oxygens (including phenoxy) is 1. The van der Waals surface area contributed by atoms with Crippen LogP contribution in [-0.2, 0) is 20.9 Å². The van der Waals surface area contributed by atoms with Crippen molar-refractivity contribution < 1.29 is 19.1 Å². The lowest BCUT2D eigenvalue weighted by atomic mass is 10.2. The van der Waals surface area contributed by atoms with Crippen molar-refractivity contribution in [2.45, 2.75) is 6.54 Å². The number of carbonyl (C=O) groups excluding carboxylic acids is 3. The number of hydrogen-bond acceptors (Lipinski definition) is 5. The summed E-state index contributed by atoms with van der Waals surface area (Å²) in [6.07, 6.45) is 1.38. The number of aromatic nitrogens is 1. The molecule has 0 aliphatic rings. The summed E-state index contributed by atoms with van der Waals surface area (Å²) in [5.74, 6) is -1.72. The number of hydrogen-bond donors (Lipinski definition) is 2. The van der Waals surface area contributed by atoms with Crippen LogP contribution in [-0.4, -0.2) is 35.9 Å². The number of nitrogens with zero attached hydrogens (tertiary/aromatic N) is 1. The molecular formula is C17H16ClN3O4. The molecule has 2 amide bonds. The van der Waals surface area contributed by atoms with Crippen molar-refractivity contribution in [3.05, 3.63) is 64.9 Å². The SMILES string of the molecule is O=C(COC(=O)CNC(=O)c1cc(Cl)ccn1)NCc1ccccc1. The fraction of sp³-hybridized carbons (Fsp3) is 0.176. The third kappa shape index (κ3) is 6.60. The van der Waals surface area contributed by atoms with Crippen LogP contribution in [0, 0.1) is 0 Å². The van der Waals surface area contributed by atoms with Crippen molar-refractivity contribution >= 4 is 29.4 Å². The monoisotopic (exact) mass is 361 g/mol. The van der Waals surface area contributed by atoms with E-state index in [1.165, 1.54) is 18.3 Å². The number of amides is 2. The molecule has 1 heterocycles. The second kappa shape index (κ2) is 9.39. The summed E-state index contributed by atoms with van der Waals surface area (Å²) in [5.41, 5.74) is 1.02. The van der Waals surface area contributed by atoms with Gasteiger partial charge in [0.05, 0.1) is 0 Å². The lowest BCUT2D eigenvalue weighted by Crippen LogP contribution is -2.34. The van der Waals surface area contributed by atoms with E-state index in [-0.39, 0.29) is 12.2 Å². The van der Waals surface area contributed by atoms with E-state index in [2.05, 4.69) is 15.6 Å². The van der Waals surface area contributed by atoms with E-state index >= 15 is 0 Å². The number of pyridine rings is 1. The van der Waals surface area contributed by atoms with Crippen molar-refractivity contribution in [3.8, 4) is 0 Å². The third-order valence-electron chi connectivity index (χ3n) is 3.04. The van der Waals surface area contributed by atoms with Crippen molar-refractivity contribution in [2.75, 3.05) is 13.2 Å². The molecule has 8 heteroatoms. The van der Waals surface area contributed by atoms with Gasteiger partial charge in [-0.1, -0.05) is 41.9 Å². The van der Waals surface area contributed by atoms with Gasteiger partial charge < -0.3 is 15.4 Å². The maximum Gasteiger partial charge on any atom is 0.325 e. The molecule has 0 saturated carbocycles. The summed E-state index contributed by atoms with van der Waals surface area (Å²) < 4.78 is 4.79. The van der Waals surface area contributed by atoms with Crippen molar-refractivity contribution in [3.63, 3.8) is 0 Å². The zero-order chi connectivity index (χ0) is 18.1. The second-order valence-corrected chi connectivity index (χ2v) is 5.40. The molecular weight excluding hydrogens is 346 g/mol. The molecule has 130 valence electrons. The van der Waals surface area contributed by atoms with E-state index in [1.807, 2.05) is 30.3 Å². The van der Waals surface area contributed by atoms with Gasteiger partial charge in [-0.15, -0.1) is 0 Å². The first kappa shape index (κ1) is 18.4. The smallest absolute Gasteiger partial charge is 0.325 e. The van der Waals surface area contributed by atoms with Crippen LogP contribution in [0.5, 0.6) is 0 Å². The molecule has 0 radical (unpaired) electrons. The predicted molar refractivity (Wildman–Crippen MR) is 90.8 cm³/mol. The van der Waals surface area contributed by atoms with Gasteiger partial charge in [-0.2, -0.15) is 0 Å². The Morgan fingerprint density at radius 3 is 2.56 bits per heavy atom. The highest BCUT2D eigenvalue weighted by molar-refractivity contribution is 6.30. The average Bonchev–Trinajstić information content (AvgIpc) is 2.63. The van der Waals surface area contributed by atoms with Crippen molar-refractivity contribution in [2.24, 2.45) is 0 Å². The van der Waals surface area contributed by atoms with Crippen LogP contribution >= 0.6 is 11.6 Å². The Morgan fingerprint density at radius 1 is 1.08 bits per heavy atom. The predicted octanol–water partition coefficient (Wildman–Crippen LogP) is 1.32. The van der Waals surface area contributed by atoms with Gasteiger partial charge in [0.1, 0.15) is 12.2 Å². The molecule has 2 N–H and O–H groups in total. The topological polar surface area (TPSA) is 97.4 Å². The molecule has 0 saturated heterocycles. The summed E-state index contributed by atoms with van der Waals surface area (Å²) >= 11 is 5.75. The zero-order valence-corrected chi connectivity index (χ0v) is 14.0. The summed E-state index contributed by atoms with van der Waals surface area (Å²) in [7, 11) is 0. The fourth-order valence-electron chi connectivity index (χ4n) is 1.82. The zero-order valence-electron chi connectivity index (χ0n) is 13.2. The molecule has 7 nitrogen and oxygen atoms in total. The molecule has 0 bridgehead atoms. The third-order valence-corrected chi connectivity index (χ3v) is 3.28. The van der Waals surface area contributed by atoms with Gasteiger partial charge >= 0.3 is 5.97 Å². The summed E-state index contributed by atoms with van der Waals surface area (Å²) in [5, 5.41) is 5.32. The summed E-state index contributed by atoms with van der Waals surface area (Å²) in [6, 6.07) is 12.2. The molecule has 0 unspecified atom stereocenters. The van der Waals surface area contributed by atoms with Crippen LogP contribution in [0.3, 0.4) is 0 Å². The highest BCUT2D eigenvalue weighted by Crippen LogP contribution is 2.07. The summed E-state index contributed by atoms with van der Waals surface area (Å²) in [4.78, 5) is 38.8. The molecule has 0 aliphatic heterocycles. The minimum atomic E-state index is -0.731. The van der Waals surface area contributed by atoms with E-state index in [4.69, 9.17) is 16.3 Å². The Kier molecular flexibility index (Phi) is 6.91. The Bertz CT molecular complexity index is 753. The van der Waals surface area contributed by atoms with E-state index in [0.717, 1.165) is 5.56 Å². The van der Waals surface area contributed by atoms with E-state index in [1.54, 1.807) is 0 Å². The Balaban J connectivity index is 1.66. The van der Waals surface area contributed by atoms with Gasteiger partial charge in [-0.3, -0.25) is 19.4 Å². The number of benzene rings is 1. The van der Waals surface area contributed by atoms with E-state index in [0.29, 0.717) is 11.6 Å². The Morgan fingerprint density at radius 2 is 1.84 bits per heavy atom. The van der Waals surface area contributed by atoms with E-state index < -0.39 is 24.4 Å². The number of halogens is 1. The quantitative estimate of drug-likeness (QED) is 0.725. The van der Waals surface area contributed by atoms with Gasteiger partial charge in [-0.05, 0) is 17.7 Å². The highest BCUT2D eigenvalue weighted by Gasteiger charge is 2.12. The van der Waals surface area contributed by atoms with Gasteiger partial charge in [0, 0.05) is 17.8 Å². The number of nitrogens with one attached hydrogen (secondary N) is 2. The Labute approximate surface area is 149 Å². The molecule has 2 rings (SSSR count). The Hall–Kier alpha value is -2.93. The largest absolute Gasteiger partial charge is 0.454 e. The first-order valence-electron chi connectivity index (χ1n) is 7.40. The first-order chi connectivity index (χ1) is 12.0. The van der Waals surface area contributed by atoms with Crippen molar-refractivity contribution in [1.29, 1.82) is 0 Å². The van der Waals surface area contributed by atoms with Gasteiger partial charge in [-0.25, -0.2) is 0 Å². The minimum Gasteiger partial charge on any atom is -0.454 e. The molecule has 0 atom stereocenters. The average molecular weight is 362 g/mol. The fourth-order valence-corrected chi connectivity index (χ4v) is 1.98. The molecule has 1 aromatic carbocycles. The molecule has 25 heavy (non-hydrogen) atoms. The van der Waals surface area contributed by atoms with Crippen LogP contribution in [0.15, 0.2) is 48.7 Å². The summed E-state index contributed by atoms with van der Waals surface area (Å²) in [6.45, 7) is -0.454. The maximum absolute atomic E-state index is 11.8. The molecule has 0 fully saturated rings. The number of esters is 1. The van der Waals surface area contributed by atoms with Crippen LogP contribution in [0.2, 0.25) is 5.02 Å². The van der Waals surface area contributed by atoms with E-state index in [9.17, 15) is 14.4 Å². The number of rotatable bonds is 7. The second-order valence-electron chi connectivity index (χ2n) is 4.96. The molecule has 0 spiro atoms. The first-order valence-corrected chi connectivity index (χ1v) is 7.78. The minimum absolute atomic E-state index is 0.0842. The van der Waals surface area contributed by atoms with Gasteiger partial charge in [0.15, 0.2) is 6.61 Å².